The minimum absolute atomic E-state index is 0.0406. The quantitative estimate of drug-likeness (QED) is 0.477. The zero-order chi connectivity index (χ0) is 17.3. The van der Waals surface area contributed by atoms with Gasteiger partial charge >= 0.3 is 10.2 Å². The molecule has 1 aromatic rings. The summed E-state index contributed by atoms with van der Waals surface area (Å²) in [6.45, 7) is 6.59. The molecule has 1 amide bonds. The highest BCUT2D eigenvalue weighted by Crippen LogP contribution is 2.28. The number of nitrogens with zero attached hydrogens (tertiary/aromatic N) is 1. The summed E-state index contributed by atoms with van der Waals surface area (Å²) in [7, 11) is -6.14. The molecule has 0 radical (unpaired) electrons. The molecule has 0 spiro atoms. The van der Waals surface area contributed by atoms with Crippen molar-refractivity contribution in [2.24, 2.45) is 5.92 Å². The van der Waals surface area contributed by atoms with Crippen LogP contribution in [0.25, 0.3) is 0 Å². The minimum atomic E-state index is -4.58. The largest absolute Gasteiger partial charge is 0.311 e. The zero-order valence-electron chi connectivity index (χ0n) is 13.5. The molecule has 1 fully saturated rings. The third kappa shape index (κ3) is 5.18. The SMILES string of the molecule is C[Si](C)(C)C#Cc1ccccc1N1CC(CS(=O)(=O)F)CC1=O. The topological polar surface area (TPSA) is 54.5 Å². The number of halogens is 1. The monoisotopic (exact) mass is 353 g/mol. The van der Waals surface area contributed by atoms with Gasteiger partial charge in [0.2, 0.25) is 5.91 Å². The van der Waals surface area contributed by atoms with Crippen molar-refractivity contribution in [1.82, 2.24) is 0 Å². The second-order valence-corrected chi connectivity index (χ2v) is 13.0. The van der Waals surface area contributed by atoms with Crippen LogP contribution in [0.2, 0.25) is 19.6 Å². The Morgan fingerprint density at radius 1 is 1.30 bits per heavy atom. The summed E-state index contributed by atoms with van der Waals surface area (Å²) in [6, 6.07) is 7.29. The van der Waals surface area contributed by atoms with Crippen molar-refractivity contribution in [3.8, 4) is 11.5 Å². The number of carbonyl (C=O) groups is 1. The van der Waals surface area contributed by atoms with Crippen LogP contribution in [0.15, 0.2) is 24.3 Å². The Bertz CT molecular complexity index is 774. The van der Waals surface area contributed by atoms with Gasteiger partial charge in [-0.25, -0.2) is 0 Å². The minimum Gasteiger partial charge on any atom is -0.311 e. The molecule has 0 aliphatic carbocycles. The highest BCUT2D eigenvalue weighted by molar-refractivity contribution is 7.86. The molecule has 0 aromatic heterocycles. The van der Waals surface area contributed by atoms with E-state index in [0.717, 1.165) is 5.56 Å². The predicted octanol–water partition coefficient (Wildman–Crippen LogP) is 2.57. The van der Waals surface area contributed by atoms with Crippen LogP contribution in [0.4, 0.5) is 9.57 Å². The molecule has 1 heterocycles. The van der Waals surface area contributed by atoms with Crippen LogP contribution in [-0.2, 0) is 15.0 Å². The predicted molar refractivity (Wildman–Crippen MR) is 92.0 cm³/mol. The number of anilines is 1. The van der Waals surface area contributed by atoms with Crippen molar-refractivity contribution in [2.45, 2.75) is 26.1 Å². The molecule has 2 rings (SSSR count). The van der Waals surface area contributed by atoms with Crippen molar-refractivity contribution in [1.29, 1.82) is 0 Å². The van der Waals surface area contributed by atoms with E-state index < -0.39 is 30.0 Å². The highest BCUT2D eigenvalue weighted by Gasteiger charge is 2.34. The summed E-state index contributed by atoms with van der Waals surface area (Å²) in [5, 5.41) is 0. The lowest BCUT2D eigenvalue weighted by molar-refractivity contribution is -0.117. The van der Waals surface area contributed by atoms with Gasteiger partial charge in [0.25, 0.3) is 0 Å². The molecule has 1 atom stereocenters. The van der Waals surface area contributed by atoms with E-state index in [1.54, 1.807) is 6.07 Å². The molecule has 0 saturated carbocycles. The third-order valence-corrected chi connectivity index (χ3v) is 5.15. The molecular formula is C16H20FNO3SSi. The van der Waals surface area contributed by atoms with Gasteiger partial charge in [-0.15, -0.1) is 9.43 Å². The van der Waals surface area contributed by atoms with Gasteiger partial charge in [0.15, 0.2) is 0 Å². The number of hydrogen-bond acceptors (Lipinski definition) is 3. The highest BCUT2D eigenvalue weighted by atomic mass is 32.3. The smallest absolute Gasteiger partial charge is 0.302 e. The Morgan fingerprint density at radius 2 is 1.96 bits per heavy atom. The summed E-state index contributed by atoms with van der Waals surface area (Å²) in [6.07, 6.45) is 0.0406. The molecule has 1 aliphatic rings. The van der Waals surface area contributed by atoms with Crippen molar-refractivity contribution in [2.75, 3.05) is 17.2 Å². The maximum atomic E-state index is 12.9. The van der Waals surface area contributed by atoms with E-state index in [0.29, 0.717) is 5.69 Å². The van der Waals surface area contributed by atoms with Crippen molar-refractivity contribution in [3.63, 3.8) is 0 Å². The molecule has 1 saturated heterocycles. The molecule has 124 valence electrons. The molecule has 4 nitrogen and oxygen atoms in total. The standard InChI is InChI=1S/C16H20FNO3SSi/c1-23(2,3)9-8-14-6-4-5-7-15(14)18-11-13(10-16(18)19)12-22(17,20)21/h4-7,13H,10-12H2,1-3H3. The number of para-hydroxylation sites is 1. The molecule has 0 bridgehead atoms. The second-order valence-electron chi connectivity index (χ2n) is 6.80. The van der Waals surface area contributed by atoms with E-state index >= 15 is 0 Å². The van der Waals surface area contributed by atoms with Crippen LogP contribution in [0.1, 0.15) is 12.0 Å². The van der Waals surface area contributed by atoms with Gasteiger partial charge in [-0.1, -0.05) is 37.7 Å². The van der Waals surface area contributed by atoms with Crippen LogP contribution >= 0.6 is 0 Å². The number of benzene rings is 1. The Balaban J connectivity index is 2.29. The maximum absolute atomic E-state index is 12.9. The fourth-order valence-electron chi connectivity index (χ4n) is 2.48. The summed E-state index contributed by atoms with van der Waals surface area (Å²) in [5.41, 5.74) is 4.67. The fraction of sp³-hybridized carbons (Fsp3) is 0.438. The second kappa shape index (κ2) is 6.46. The van der Waals surface area contributed by atoms with Gasteiger partial charge < -0.3 is 4.90 Å². The third-order valence-electron chi connectivity index (χ3n) is 3.41. The maximum Gasteiger partial charge on any atom is 0.302 e. The van der Waals surface area contributed by atoms with Crippen LogP contribution in [0.3, 0.4) is 0 Å². The lowest BCUT2D eigenvalue weighted by atomic mass is 10.1. The first kappa shape index (κ1) is 17.7. The fourth-order valence-corrected chi connectivity index (χ4v) is 3.77. The van der Waals surface area contributed by atoms with Gasteiger partial charge in [-0.2, -0.15) is 8.42 Å². The zero-order valence-corrected chi connectivity index (χ0v) is 15.3. The van der Waals surface area contributed by atoms with Crippen LogP contribution in [0, 0.1) is 17.4 Å². The van der Waals surface area contributed by atoms with E-state index in [2.05, 4.69) is 31.1 Å². The Morgan fingerprint density at radius 3 is 2.57 bits per heavy atom. The van der Waals surface area contributed by atoms with Gasteiger partial charge in [-0.3, -0.25) is 4.79 Å². The van der Waals surface area contributed by atoms with Gasteiger partial charge in [0, 0.05) is 24.4 Å². The number of rotatable bonds is 3. The summed E-state index contributed by atoms with van der Waals surface area (Å²) < 4.78 is 34.5. The van der Waals surface area contributed by atoms with Gasteiger partial charge in [-0.05, 0) is 12.1 Å². The normalized spacial score (nSPS) is 18.7. The molecule has 1 aliphatic heterocycles. The first-order valence-corrected chi connectivity index (χ1v) is 12.5. The first-order chi connectivity index (χ1) is 10.6. The average Bonchev–Trinajstić information content (AvgIpc) is 2.74. The number of hydrogen-bond donors (Lipinski definition) is 0. The van der Waals surface area contributed by atoms with Crippen LogP contribution < -0.4 is 4.90 Å². The van der Waals surface area contributed by atoms with Crippen LogP contribution in [-0.4, -0.2) is 34.7 Å². The van der Waals surface area contributed by atoms with E-state index in [-0.39, 0.29) is 18.9 Å². The van der Waals surface area contributed by atoms with Crippen molar-refractivity contribution >= 4 is 29.9 Å². The molecule has 7 heteroatoms. The number of carbonyl (C=O) groups excluding carboxylic acids is 1. The van der Waals surface area contributed by atoms with Crippen molar-refractivity contribution in [3.05, 3.63) is 29.8 Å². The molecule has 23 heavy (non-hydrogen) atoms. The summed E-state index contributed by atoms with van der Waals surface area (Å²) in [4.78, 5) is 13.7. The van der Waals surface area contributed by atoms with E-state index in [9.17, 15) is 17.1 Å². The first-order valence-electron chi connectivity index (χ1n) is 7.40. The van der Waals surface area contributed by atoms with Gasteiger partial charge in [0.1, 0.15) is 8.07 Å². The Labute approximate surface area is 137 Å². The van der Waals surface area contributed by atoms with E-state index in [1.807, 2.05) is 18.2 Å². The average molecular weight is 353 g/mol. The lowest BCUT2D eigenvalue weighted by Gasteiger charge is -2.18. The molecular weight excluding hydrogens is 333 g/mol. The summed E-state index contributed by atoms with van der Waals surface area (Å²) >= 11 is 0. The summed E-state index contributed by atoms with van der Waals surface area (Å²) in [5.74, 6) is 1.81. The van der Waals surface area contributed by atoms with E-state index in [1.165, 1.54) is 4.90 Å². The Kier molecular flexibility index (Phi) is 4.97. The van der Waals surface area contributed by atoms with Crippen molar-refractivity contribution < 1.29 is 17.1 Å². The molecule has 0 N–H and O–H groups in total. The Hall–Kier alpha value is -1.65. The van der Waals surface area contributed by atoms with Gasteiger partial charge in [0.05, 0.1) is 11.4 Å². The number of amides is 1. The van der Waals surface area contributed by atoms with E-state index in [4.69, 9.17) is 0 Å². The van der Waals surface area contributed by atoms with Crippen LogP contribution in [0.5, 0.6) is 0 Å². The molecule has 1 unspecified atom stereocenters. The lowest BCUT2D eigenvalue weighted by Crippen LogP contribution is -2.26. The molecule has 1 aromatic carbocycles.